The van der Waals surface area contributed by atoms with Crippen LogP contribution in [0, 0.1) is 0 Å². The summed E-state index contributed by atoms with van der Waals surface area (Å²) in [5.74, 6) is 0. The summed E-state index contributed by atoms with van der Waals surface area (Å²) in [5, 5.41) is 18.9. The van der Waals surface area contributed by atoms with Crippen molar-refractivity contribution in [2.24, 2.45) is 0 Å². The fourth-order valence-electron chi connectivity index (χ4n) is 3.80. The van der Waals surface area contributed by atoms with Gasteiger partial charge in [0.05, 0.1) is 13.2 Å². The Balaban J connectivity index is 2.24. The van der Waals surface area contributed by atoms with Gasteiger partial charge in [-0.1, -0.05) is 63.2 Å². The van der Waals surface area contributed by atoms with Crippen LogP contribution in [-0.4, -0.2) is 10.2 Å². The zero-order valence-corrected chi connectivity index (χ0v) is 15.9. The van der Waals surface area contributed by atoms with Crippen LogP contribution in [-0.2, 0) is 31.5 Å². The molecule has 0 atom stereocenters. The summed E-state index contributed by atoms with van der Waals surface area (Å²) in [4.78, 5) is 0. The highest BCUT2D eigenvalue weighted by Crippen LogP contribution is 2.37. The topological polar surface area (TPSA) is 40.5 Å². The van der Waals surface area contributed by atoms with Gasteiger partial charge in [-0.2, -0.15) is 0 Å². The minimum absolute atomic E-state index is 0.0189. The summed E-state index contributed by atoms with van der Waals surface area (Å²) in [5.41, 5.74) is 5.94. The van der Waals surface area contributed by atoms with Crippen LogP contribution in [0.1, 0.15) is 67.9 Å². The Morgan fingerprint density at radius 3 is 2.12 bits per heavy atom. The highest BCUT2D eigenvalue weighted by Gasteiger charge is 2.28. The largest absolute Gasteiger partial charge is 0.392 e. The van der Waals surface area contributed by atoms with Crippen molar-refractivity contribution in [1.29, 1.82) is 0 Å². The molecule has 0 amide bonds. The van der Waals surface area contributed by atoms with E-state index < -0.39 is 0 Å². The number of hydrogen-bond donors (Lipinski definition) is 2. The first-order chi connectivity index (χ1) is 12.1. The molecule has 0 unspecified atom stereocenters. The van der Waals surface area contributed by atoms with Gasteiger partial charge in [0, 0.05) is 0 Å². The fourth-order valence-corrected chi connectivity index (χ4v) is 3.80. The molecular formula is C23H32O2. The van der Waals surface area contributed by atoms with E-state index in [4.69, 9.17) is 0 Å². The van der Waals surface area contributed by atoms with E-state index >= 15 is 0 Å². The van der Waals surface area contributed by atoms with E-state index in [-0.39, 0.29) is 18.6 Å². The highest BCUT2D eigenvalue weighted by molar-refractivity contribution is 5.33. The van der Waals surface area contributed by atoms with Crippen molar-refractivity contribution >= 4 is 0 Å². The second kappa shape index (κ2) is 9.17. The summed E-state index contributed by atoms with van der Waals surface area (Å²) in [6.07, 6.45) is 5.39. The third kappa shape index (κ3) is 4.50. The third-order valence-electron chi connectivity index (χ3n) is 5.80. The lowest BCUT2D eigenvalue weighted by Gasteiger charge is -2.33. The molecule has 0 saturated carbocycles. The monoisotopic (exact) mass is 340 g/mol. The van der Waals surface area contributed by atoms with Crippen LogP contribution in [0.4, 0.5) is 0 Å². The predicted octanol–water partition coefficient (Wildman–Crippen LogP) is 4.92. The zero-order valence-electron chi connectivity index (χ0n) is 15.9. The van der Waals surface area contributed by atoms with Crippen molar-refractivity contribution < 1.29 is 10.2 Å². The quantitative estimate of drug-likeness (QED) is 0.680. The van der Waals surface area contributed by atoms with E-state index in [1.54, 1.807) is 0 Å². The molecule has 2 N–H and O–H groups in total. The van der Waals surface area contributed by atoms with Crippen LogP contribution in [0.15, 0.2) is 42.5 Å². The number of rotatable bonds is 9. The molecule has 0 aliphatic rings. The molecular weight excluding hydrogens is 308 g/mol. The lowest BCUT2D eigenvalue weighted by Crippen LogP contribution is -2.25. The van der Waals surface area contributed by atoms with Gasteiger partial charge < -0.3 is 10.2 Å². The molecule has 2 nitrogen and oxygen atoms in total. The molecule has 25 heavy (non-hydrogen) atoms. The van der Waals surface area contributed by atoms with E-state index in [1.165, 1.54) is 16.7 Å². The maximum absolute atomic E-state index is 9.52. The van der Waals surface area contributed by atoms with E-state index in [1.807, 2.05) is 12.1 Å². The normalized spacial score (nSPS) is 11.7. The number of hydrogen-bond acceptors (Lipinski definition) is 2. The van der Waals surface area contributed by atoms with Gasteiger partial charge in [-0.3, -0.25) is 0 Å². The second-order valence-electron chi connectivity index (χ2n) is 6.96. The minimum Gasteiger partial charge on any atom is -0.392 e. The van der Waals surface area contributed by atoms with Crippen LogP contribution in [0.3, 0.4) is 0 Å². The second-order valence-corrected chi connectivity index (χ2v) is 6.96. The Morgan fingerprint density at radius 2 is 1.52 bits per heavy atom. The SMILES string of the molecule is CCc1cccc(C(CC)(CC)CCc2ccc(CO)c(CO)c2)c1. The number of aliphatic hydroxyl groups excluding tert-OH is 2. The van der Waals surface area contributed by atoms with Gasteiger partial charge in [-0.15, -0.1) is 0 Å². The molecule has 136 valence electrons. The first-order valence-corrected chi connectivity index (χ1v) is 9.54. The average molecular weight is 341 g/mol. The van der Waals surface area contributed by atoms with Crippen molar-refractivity contribution in [3.05, 3.63) is 70.3 Å². The summed E-state index contributed by atoms with van der Waals surface area (Å²) >= 11 is 0. The fraction of sp³-hybridized carbons (Fsp3) is 0.478. The van der Waals surface area contributed by atoms with Gasteiger partial charge in [0.15, 0.2) is 0 Å². The summed E-state index contributed by atoms with van der Waals surface area (Å²) < 4.78 is 0. The molecule has 0 aliphatic carbocycles. The van der Waals surface area contributed by atoms with Crippen LogP contribution in [0.2, 0.25) is 0 Å². The maximum Gasteiger partial charge on any atom is 0.0685 e. The molecule has 2 rings (SSSR count). The van der Waals surface area contributed by atoms with Crippen LogP contribution < -0.4 is 0 Å². The average Bonchev–Trinajstić information content (AvgIpc) is 2.69. The maximum atomic E-state index is 9.52. The Morgan fingerprint density at radius 1 is 0.800 bits per heavy atom. The van der Waals surface area contributed by atoms with Gasteiger partial charge >= 0.3 is 0 Å². The molecule has 2 aromatic carbocycles. The molecule has 0 saturated heterocycles. The van der Waals surface area contributed by atoms with Crippen molar-refractivity contribution in [3.63, 3.8) is 0 Å². The third-order valence-corrected chi connectivity index (χ3v) is 5.80. The van der Waals surface area contributed by atoms with Crippen LogP contribution >= 0.6 is 0 Å². The van der Waals surface area contributed by atoms with Crippen molar-refractivity contribution in [2.45, 2.75) is 71.5 Å². The first-order valence-electron chi connectivity index (χ1n) is 9.54. The number of aliphatic hydroxyl groups is 2. The van der Waals surface area contributed by atoms with Gasteiger partial charge in [0.1, 0.15) is 0 Å². The van der Waals surface area contributed by atoms with Gasteiger partial charge in [-0.05, 0) is 65.3 Å². The van der Waals surface area contributed by atoms with Gasteiger partial charge in [0.25, 0.3) is 0 Å². The van der Waals surface area contributed by atoms with Crippen molar-refractivity contribution in [1.82, 2.24) is 0 Å². The molecule has 0 fully saturated rings. The Hall–Kier alpha value is -1.64. The number of aryl methyl sites for hydroxylation is 2. The summed E-state index contributed by atoms with van der Waals surface area (Å²) in [6, 6.07) is 15.1. The molecule has 0 aromatic heterocycles. The van der Waals surface area contributed by atoms with E-state index in [9.17, 15) is 10.2 Å². The first kappa shape index (κ1) is 19.7. The summed E-state index contributed by atoms with van der Waals surface area (Å²) in [6.45, 7) is 6.74. The molecule has 0 radical (unpaired) electrons. The van der Waals surface area contributed by atoms with Crippen LogP contribution in [0.25, 0.3) is 0 Å². The molecule has 0 aliphatic heterocycles. The molecule has 0 bridgehead atoms. The van der Waals surface area contributed by atoms with E-state index in [0.29, 0.717) is 0 Å². The lowest BCUT2D eigenvalue weighted by atomic mass is 9.71. The Labute approximate surface area is 152 Å². The molecule has 0 heterocycles. The minimum atomic E-state index is -0.0200. The Bertz CT molecular complexity index is 672. The van der Waals surface area contributed by atoms with Crippen molar-refractivity contribution in [2.75, 3.05) is 0 Å². The van der Waals surface area contributed by atoms with E-state index in [2.05, 4.69) is 51.1 Å². The summed E-state index contributed by atoms with van der Waals surface area (Å²) in [7, 11) is 0. The predicted molar refractivity (Wildman–Crippen MR) is 105 cm³/mol. The standard InChI is InChI=1S/C23H32O2/c1-4-18-8-7-9-22(15-18)23(5-2,6-3)13-12-19-10-11-20(16-24)21(14-19)17-25/h7-11,14-15,24-25H,4-6,12-13,16-17H2,1-3H3. The molecule has 2 heteroatoms. The molecule has 2 aromatic rings. The van der Waals surface area contributed by atoms with Gasteiger partial charge in [0.2, 0.25) is 0 Å². The number of benzene rings is 2. The smallest absolute Gasteiger partial charge is 0.0685 e. The van der Waals surface area contributed by atoms with Crippen molar-refractivity contribution in [3.8, 4) is 0 Å². The highest BCUT2D eigenvalue weighted by atomic mass is 16.3. The zero-order chi connectivity index (χ0) is 18.3. The molecule has 0 spiro atoms. The lowest BCUT2D eigenvalue weighted by molar-refractivity contribution is 0.260. The van der Waals surface area contributed by atoms with E-state index in [0.717, 1.165) is 43.2 Å². The van der Waals surface area contributed by atoms with Crippen LogP contribution in [0.5, 0.6) is 0 Å². The van der Waals surface area contributed by atoms with Gasteiger partial charge in [-0.25, -0.2) is 0 Å². The Kier molecular flexibility index (Phi) is 7.22.